The Morgan fingerprint density at radius 3 is 2.03 bits per heavy atom. The zero-order valence-electron chi connectivity index (χ0n) is 20.1. The van der Waals surface area contributed by atoms with Crippen molar-refractivity contribution in [1.29, 1.82) is 0 Å². The lowest BCUT2D eigenvalue weighted by atomic mass is 9.95. The van der Waals surface area contributed by atoms with E-state index >= 15 is 0 Å². The highest BCUT2D eigenvalue weighted by molar-refractivity contribution is 9.10. The maximum Gasteiger partial charge on any atom is 0.0942 e. The monoisotopic (exact) mass is 497 g/mol. The third-order valence-corrected chi connectivity index (χ3v) is 7.46. The number of nitrogens with zero attached hydrogens (tertiary/aromatic N) is 1. The van der Waals surface area contributed by atoms with Crippen molar-refractivity contribution in [3.63, 3.8) is 0 Å². The number of unbranched alkanes of at least 4 members (excludes halogenated alkanes) is 6. The molecular weight excluding hydrogens is 458 g/mol. The summed E-state index contributed by atoms with van der Waals surface area (Å²) in [5.41, 5.74) is 1.02. The van der Waals surface area contributed by atoms with Crippen molar-refractivity contribution in [3.8, 4) is 0 Å². The molecule has 2 atom stereocenters. The summed E-state index contributed by atoms with van der Waals surface area (Å²) in [6.45, 7) is 8.88. The fourth-order valence-electron chi connectivity index (χ4n) is 4.74. The average Bonchev–Trinajstić information content (AvgIpc) is 2.82. The van der Waals surface area contributed by atoms with Crippen LogP contribution < -0.4 is 0 Å². The van der Waals surface area contributed by atoms with E-state index in [0.717, 1.165) is 23.1 Å². The van der Waals surface area contributed by atoms with Gasteiger partial charge in [0.1, 0.15) is 0 Å². The number of fused-ring (bicyclic) bond motifs is 3. The summed E-state index contributed by atoms with van der Waals surface area (Å²) in [5, 5.41) is 16.3. The molecule has 32 heavy (non-hydrogen) atoms. The second kappa shape index (κ2) is 12.7. The van der Waals surface area contributed by atoms with E-state index in [-0.39, 0.29) is 6.04 Å². The number of rotatable bonds is 13. The van der Waals surface area contributed by atoms with Gasteiger partial charge < -0.3 is 5.11 Å². The molecule has 2 nitrogen and oxygen atoms in total. The first-order valence-electron chi connectivity index (χ1n) is 12.6. The normalized spacial score (nSPS) is 13.8. The van der Waals surface area contributed by atoms with Gasteiger partial charge in [-0.2, -0.15) is 0 Å². The van der Waals surface area contributed by atoms with Gasteiger partial charge >= 0.3 is 0 Å². The Balaban J connectivity index is 1.82. The van der Waals surface area contributed by atoms with E-state index in [2.05, 4.69) is 90.1 Å². The van der Waals surface area contributed by atoms with Gasteiger partial charge in [0.15, 0.2) is 0 Å². The minimum atomic E-state index is -0.487. The molecule has 3 rings (SSSR count). The lowest BCUT2D eigenvalue weighted by molar-refractivity contribution is 0.0555. The molecule has 0 spiro atoms. The lowest BCUT2D eigenvalue weighted by Crippen LogP contribution is -2.39. The summed E-state index contributed by atoms with van der Waals surface area (Å²) in [6, 6.07) is 17.3. The molecule has 0 aliphatic rings. The predicted octanol–water partition coefficient (Wildman–Crippen LogP) is 8.64. The van der Waals surface area contributed by atoms with Crippen molar-refractivity contribution in [1.82, 2.24) is 4.90 Å². The molecule has 0 saturated heterocycles. The molecule has 0 heterocycles. The average molecular weight is 499 g/mol. The van der Waals surface area contributed by atoms with Crippen molar-refractivity contribution in [2.45, 2.75) is 84.3 Å². The van der Waals surface area contributed by atoms with Gasteiger partial charge in [-0.3, -0.25) is 4.90 Å². The van der Waals surface area contributed by atoms with Gasteiger partial charge in [0.25, 0.3) is 0 Å². The van der Waals surface area contributed by atoms with Gasteiger partial charge in [0.05, 0.1) is 6.10 Å². The molecule has 0 unspecified atom stereocenters. The number of benzene rings is 3. The Bertz CT molecular complexity index is 973. The van der Waals surface area contributed by atoms with E-state index in [4.69, 9.17) is 0 Å². The van der Waals surface area contributed by atoms with E-state index in [1.165, 1.54) is 72.9 Å². The van der Waals surface area contributed by atoms with Gasteiger partial charge in [-0.15, -0.1) is 0 Å². The smallest absolute Gasteiger partial charge is 0.0942 e. The molecule has 0 amide bonds. The zero-order valence-corrected chi connectivity index (χ0v) is 21.7. The van der Waals surface area contributed by atoms with Crippen LogP contribution in [0.15, 0.2) is 53.0 Å². The van der Waals surface area contributed by atoms with Crippen molar-refractivity contribution in [2.75, 3.05) is 13.1 Å². The Morgan fingerprint density at radius 1 is 0.781 bits per heavy atom. The van der Waals surface area contributed by atoms with Crippen molar-refractivity contribution >= 4 is 37.5 Å². The largest absolute Gasteiger partial charge is 0.387 e. The van der Waals surface area contributed by atoms with Crippen molar-refractivity contribution in [3.05, 3.63) is 58.6 Å². The standard InChI is InChI=1S/C29H40BrNO/c1-4-6-8-12-18-31(19-13-9-7-5-2)22(3)29(32)24-17-16-23-21-28(30)26-15-11-10-14-25(26)27(23)20-24/h10-11,14-17,20-22,29,32H,4-9,12-13,18-19H2,1-3H3/t22-,29+/m0/s1. The number of hydrogen-bond donors (Lipinski definition) is 1. The molecule has 3 aromatic rings. The molecule has 0 bridgehead atoms. The zero-order chi connectivity index (χ0) is 22.9. The van der Waals surface area contributed by atoms with Crippen LogP contribution in [0.4, 0.5) is 0 Å². The molecular formula is C29H40BrNO. The van der Waals surface area contributed by atoms with Crippen molar-refractivity contribution < 1.29 is 5.11 Å². The molecule has 1 N–H and O–H groups in total. The molecule has 0 radical (unpaired) electrons. The SMILES string of the molecule is CCCCCCN(CCCCCC)[C@@H](C)[C@@H](O)c1ccc2cc(Br)c3ccccc3c2c1. The summed E-state index contributed by atoms with van der Waals surface area (Å²) >= 11 is 3.72. The minimum absolute atomic E-state index is 0.109. The van der Waals surface area contributed by atoms with Gasteiger partial charge in [0, 0.05) is 10.5 Å². The molecule has 0 saturated carbocycles. The third kappa shape index (κ3) is 6.34. The van der Waals surface area contributed by atoms with E-state index in [9.17, 15) is 5.11 Å². The highest BCUT2D eigenvalue weighted by Crippen LogP contribution is 2.34. The summed E-state index contributed by atoms with van der Waals surface area (Å²) in [7, 11) is 0. The fraction of sp³-hybridized carbons (Fsp3) is 0.517. The van der Waals surface area contributed by atoms with Crippen molar-refractivity contribution in [2.24, 2.45) is 0 Å². The molecule has 174 valence electrons. The Hall–Kier alpha value is -1.42. The summed E-state index contributed by atoms with van der Waals surface area (Å²) in [6.07, 6.45) is 9.63. The molecule has 0 aromatic heterocycles. The van der Waals surface area contributed by atoms with E-state index in [0.29, 0.717) is 0 Å². The second-order valence-corrected chi connectivity index (χ2v) is 10.1. The molecule has 3 aromatic carbocycles. The summed E-state index contributed by atoms with van der Waals surface area (Å²) in [5.74, 6) is 0. The highest BCUT2D eigenvalue weighted by Gasteiger charge is 2.23. The number of halogens is 1. The predicted molar refractivity (Wildman–Crippen MR) is 143 cm³/mol. The molecule has 0 fully saturated rings. The van der Waals surface area contributed by atoms with Crippen LogP contribution in [0, 0.1) is 0 Å². The first-order valence-corrected chi connectivity index (χ1v) is 13.4. The van der Waals surface area contributed by atoms with Crippen LogP contribution in [0.3, 0.4) is 0 Å². The lowest BCUT2D eigenvalue weighted by Gasteiger charge is -2.33. The Morgan fingerprint density at radius 2 is 1.41 bits per heavy atom. The van der Waals surface area contributed by atoms with Crippen LogP contribution in [-0.2, 0) is 0 Å². The third-order valence-electron chi connectivity index (χ3n) is 6.81. The minimum Gasteiger partial charge on any atom is -0.387 e. The Labute approximate surface area is 203 Å². The maximum absolute atomic E-state index is 11.4. The van der Waals surface area contributed by atoms with Crippen LogP contribution in [0.5, 0.6) is 0 Å². The van der Waals surface area contributed by atoms with E-state index < -0.39 is 6.10 Å². The van der Waals surface area contributed by atoms with E-state index in [1.807, 2.05) is 0 Å². The topological polar surface area (TPSA) is 23.5 Å². The number of aliphatic hydroxyl groups is 1. The Kier molecular flexibility index (Phi) is 10.0. The van der Waals surface area contributed by atoms with Gasteiger partial charge in [-0.05, 0) is 72.1 Å². The fourth-order valence-corrected chi connectivity index (χ4v) is 5.33. The molecule has 3 heteroatoms. The first-order chi connectivity index (χ1) is 15.6. The number of aliphatic hydroxyl groups excluding tert-OH is 1. The summed E-state index contributed by atoms with van der Waals surface area (Å²) in [4.78, 5) is 2.53. The van der Waals surface area contributed by atoms with Crippen LogP contribution in [0.2, 0.25) is 0 Å². The van der Waals surface area contributed by atoms with Gasteiger partial charge in [0.2, 0.25) is 0 Å². The maximum atomic E-state index is 11.4. The van der Waals surface area contributed by atoms with Crippen LogP contribution in [0.25, 0.3) is 21.5 Å². The van der Waals surface area contributed by atoms with Gasteiger partial charge in [-0.25, -0.2) is 0 Å². The molecule has 0 aliphatic heterocycles. The second-order valence-electron chi connectivity index (χ2n) is 9.23. The van der Waals surface area contributed by atoms with Crippen LogP contribution >= 0.6 is 15.9 Å². The van der Waals surface area contributed by atoms with Crippen LogP contribution in [-0.4, -0.2) is 29.1 Å². The number of hydrogen-bond acceptors (Lipinski definition) is 2. The quantitative estimate of drug-likeness (QED) is 0.188. The van der Waals surface area contributed by atoms with Crippen LogP contribution in [0.1, 0.15) is 83.8 Å². The highest BCUT2D eigenvalue weighted by atomic mass is 79.9. The first kappa shape index (κ1) is 25.2. The summed E-state index contributed by atoms with van der Waals surface area (Å²) < 4.78 is 1.12. The molecule has 0 aliphatic carbocycles. The van der Waals surface area contributed by atoms with E-state index in [1.54, 1.807) is 0 Å². The van der Waals surface area contributed by atoms with Gasteiger partial charge in [-0.1, -0.05) is 105 Å².